The molecule has 1 saturated heterocycles. The van der Waals surface area contributed by atoms with E-state index < -0.39 is 0 Å². The van der Waals surface area contributed by atoms with Crippen LogP contribution in [0.15, 0.2) is 48.9 Å². The van der Waals surface area contributed by atoms with E-state index in [-0.39, 0.29) is 6.10 Å². The third-order valence-electron chi connectivity index (χ3n) is 5.48. The lowest BCUT2D eigenvalue weighted by Crippen LogP contribution is -2.35. The number of aromatic amines is 1. The van der Waals surface area contributed by atoms with E-state index in [0.717, 1.165) is 65.0 Å². The lowest BCUT2D eigenvalue weighted by atomic mass is 10.1. The molecule has 3 heterocycles. The van der Waals surface area contributed by atoms with Gasteiger partial charge in [-0.2, -0.15) is 0 Å². The fraction of sp³-hybridized carbons (Fsp3) is 0.273. The third-order valence-corrected chi connectivity index (χ3v) is 5.79. The number of benzene rings is 2. The maximum absolute atomic E-state index is 6.40. The number of H-pyrrole nitrogens is 1. The number of anilines is 2. The van der Waals surface area contributed by atoms with Crippen molar-refractivity contribution in [2.45, 2.75) is 18.9 Å². The van der Waals surface area contributed by atoms with Crippen LogP contribution in [-0.2, 0) is 0 Å². The van der Waals surface area contributed by atoms with E-state index in [4.69, 9.17) is 16.3 Å². The number of halogens is 1. The maximum Gasteiger partial charge on any atom is 0.145 e. The smallest absolute Gasteiger partial charge is 0.145 e. The fourth-order valence-electron chi connectivity index (χ4n) is 3.85. The highest BCUT2D eigenvalue weighted by atomic mass is 35.5. The number of hydrogen-bond donors (Lipinski definition) is 2. The monoisotopic (exact) mass is 407 g/mol. The van der Waals surface area contributed by atoms with E-state index in [1.165, 1.54) is 0 Å². The zero-order valence-electron chi connectivity index (χ0n) is 16.2. The summed E-state index contributed by atoms with van der Waals surface area (Å²) in [7, 11) is 2.15. The molecule has 2 aromatic carbocycles. The summed E-state index contributed by atoms with van der Waals surface area (Å²) in [5, 5.41) is 5.99. The average Bonchev–Trinajstić information content (AvgIpc) is 3.10. The summed E-state index contributed by atoms with van der Waals surface area (Å²) in [5.74, 6) is 1.55. The zero-order chi connectivity index (χ0) is 19.8. The Kier molecular flexibility index (Phi) is 4.73. The van der Waals surface area contributed by atoms with E-state index in [0.29, 0.717) is 5.02 Å². The molecule has 0 spiro atoms. The van der Waals surface area contributed by atoms with E-state index in [1.807, 2.05) is 36.4 Å². The number of nitrogens with one attached hydrogen (secondary N) is 2. The second-order valence-electron chi connectivity index (χ2n) is 7.52. The zero-order valence-corrected chi connectivity index (χ0v) is 16.9. The highest BCUT2D eigenvalue weighted by Crippen LogP contribution is 2.34. The molecule has 7 heteroatoms. The molecule has 0 atom stereocenters. The fourth-order valence-corrected chi connectivity index (χ4v) is 4.07. The SMILES string of the molecule is CN1CCC(Oc2cccc3ncnc(Nc4ccc5[nH]cc(Cl)c5c4)c23)CC1. The summed E-state index contributed by atoms with van der Waals surface area (Å²) in [6, 6.07) is 12.0. The number of likely N-dealkylation sites (tertiary alicyclic amines) is 1. The van der Waals surface area contributed by atoms with Gasteiger partial charge >= 0.3 is 0 Å². The Morgan fingerprint density at radius 3 is 2.90 bits per heavy atom. The molecule has 4 aromatic rings. The summed E-state index contributed by atoms with van der Waals surface area (Å²) in [4.78, 5) is 14.4. The van der Waals surface area contributed by atoms with Crippen LogP contribution in [0.1, 0.15) is 12.8 Å². The molecule has 2 N–H and O–H groups in total. The van der Waals surface area contributed by atoms with E-state index >= 15 is 0 Å². The van der Waals surface area contributed by atoms with Crippen molar-refractivity contribution in [3.05, 3.63) is 53.9 Å². The number of piperidine rings is 1. The minimum atomic E-state index is 0.208. The quantitative estimate of drug-likeness (QED) is 0.499. The van der Waals surface area contributed by atoms with Crippen molar-refractivity contribution >= 4 is 44.9 Å². The van der Waals surface area contributed by atoms with Crippen molar-refractivity contribution < 1.29 is 4.74 Å². The van der Waals surface area contributed by atoms with Crippen LogP contribution in [-0.4, -0.2) is 46.1 Å². The van der Waals surface area contributed by atoms with Crippen molar-refractivity contribution in [2.24, 2.45) is 0 Å². The second kappa shape index (κ2) is 7.54. The number of fused-ring (bicyclic) bond motifs is 2. The second-order valence-corrected chi connectivity index (χ2v) is 7.92. The van der Waals surface area contributed by atoms with Gasteiger partial charge in [0.15, 0.2) is 0 Å². The average molecular weight is 408 g/mol. The van der Waals surface area contributed by atoms with Crippen molar-refractivity contribution in [2.75, 3.05) is 25.5 Å². The molecule has 0 bridgehead atoms. The first-order chi connectivity index (χ1) is 14.2. The maximum atomic E-state index is 6.40. The van der Waals surface area contributed by atoms with Gasteiger partial charge in [-0.25, -0.2) is 9.97 Å². The Hall–Kier alpha value is -2.83. The summed E-state index contributed by atoms with van der Waals surface area (Å²) >= 11 is 6.28. The van der Waals surface area contributed by atoms with Crippen LogP contribution in [0.4, 0.5) is 11.5 Å². The van der Waals surface area contributed by atoms with Crippen molar-refractivity contribution in [1.82, 2.24) is 19.9 Å². The van der Waals surface area contributed by atoms with Crippen LogP contribution in [0, 0.1) is 0 Å². The molecule has 1 aliphatic heterocycles. The Bertz CT molecular complexity index is 1160. The van der Waals surface area contributed by atoms with Crippen LogP contribution < -0.4 is 10.1 Å². The van der Waals surface area contributed by atoms with Crippen molar-refractivity contribution in [3.8, 4) is 5.75 Å². The molecule has 2 aromatic heterocycles. The van der Waals surface area contributed by atoms with Gasteiger partial charge < -0.3 is 19.9 Å². The predicted molar refractivity (Wildman–Crippen MR) is 117 cm³/mol. The number of hydrogen-bond acceptors (Lipinski definition) is 5. The van der Waals surface area contributed by atoms with Gasteiger partial charge in [-0.15, -0.1) is 0 Å². The van der Waals surface area contributed by atoms with Gasteiger partial charge in [-0.05, 0) is 50.2 Å². The van der Waals surface area contributed by atoms with Crippen LogP contribution in [0.3, 0.4) is 0 Å². The van der Waals surface area contributed by atoms with Gasteiger partial charge in [-0.3, -0.25) is 0 Å². The summed E-state index contributed by atoms with van der Waals surface area (Å²) < 4.78 is 6.40. The van der Waals surface area contributed by atoms with Gasteiger partial charge in [0.25, 0.3) is 0 Å². The third kappa shape index (κ3) is 3.61. The molecular formula is C22H22ClN5O. The summed E-state index contributed by atoms with van der Waals surface area (Å²) in [5.41, 5.74) is 2.76. The lowest BCUT2D eigenvalue weighted by Gasteiger charge is -2.29. The Morgan fingerprint density at radius 1 is 1.17 bits per heavy atom. The van der Waals surface area contributed by atoms with Gasteiger partial charge in [0.2, 0.25) is 0 Å². The Labute approximate surface area is 173 Å². The predicted octanol–water partition coefficient (Wildman–Crippen LogP) is 4.98. The highest BCUT2D eigenvalue weighted by molar-refractivity contribution is 6.35. The number of ether oxygens (including phenoxy) is 1. The molecule has 0 amide bonds. The Morgan fingerprint density at radius 2 is 2.03 bits per heavy atom. The van der Waals surface area contributed by atoms with Gasteiger partial charge in [-0.1, -0.05) is 17.7 Å². The first-order valence-electron chi connectivity index (χ1n) is 9.80. The van der Waals surface area contributed by atoms with E-state index in [9.17, 15) is 0 Å². The number of aromatic nitrogens is 3. The van der Waals surface area contributed by atoms with Crippen LogP contribution in [0.5, 0.6) is 5.75 Å². The van der Waals surface area contributed by atoms with Gasteiger partial charge in [0.1, 0.15) is 24.0 Å². The minimum absolute atomic E-state index is 0.208. The van der Waals surface area contributed by atoms with Crippen LogP contribution >= 0.6 is 11.6 Å². The largest absolute Gasteiger partial charge is 0.489 e. The van der Waals surface area contributed by atoms with E-state index in [1.54, 1.807) is 12.5 Å². The minimum Gasteiger partial charge on any atom is -0.489 e. The molecule has 1 fully saturated rings. The lowest BCUT2D eigenvalue weighted by molar-refractivity contribution is 0.116. The van der Waals surface area contributed by atoms with Gasteiger partial charge in [0, 0.05) is 35.9 Å². The molecule has 0 radical (unpaired) electrons. The Balaban J connectivity index is 1.50. The highest BCUT2D eigenvalue weighted by Gasteiger charge is 2.20. The standard InChI is InChI=1S/C22H22ClN5O/c1-28-9-7-15(8-10-28)29-20-4-2-3-19-21(20)22(26-13-25-19)27-14-5-6-18-16(11-14)17(23)12-24-18/h2-6,11-13,15,24H,7-10H2,1H3,(H,25,26,27). The van der Waals surface area contributed by atoms with Gasteiger partial charge in [0.05, 0.1) is 15.9 Å². The number of rotatable bonds is 4. The molecule has 5 rings (SSSR count). The molecule has 0 unspecified atom stereocenters. The molecular weight excluding hydrogens is 386 g/mol. The molecule has 29 heavy (non-hydrogen) atoms. The molecule has 148 valence electrons. The first kappa shape index (κ1) is 18.2. The van der Waals surface area contributed by atoms with Crippen LogP contribution in [0.25, 0.3) is 21.8 Å². The molecule has 0 saturated carbocycles. The summed E-state index contributed by atoms with van der Waals surface area (Å²) in [6.07, 6.45) is 5.62. The normalized spacial score (nSPS) is 15.8. The first-order valence-corrected chi connectivity index (χ1v) is 10.2. The van der Waals surface area contributed by atoms with Crippen LogP contribution in [0.2, 0.25) is 5.02 Å². The molecule has 1 aliphatic rings. The summed E-state index contributed by atoms with van der Waals surface area (Å²) in [6.45, 7) is 2.10. The topological polar surface area (TPSA) is 66.1 Å². The van der Waals surface area contributed by atoms with E-state index in [2.05, 4.69) is 32.2 Å². The van der Waals surface area contributed by atoms with Crippen molar-refractivity contribution in [3.63, 3.8) is 0 Å². The van der Waals surface area contributed by atoms with Crippen molar-refractivity contribution in [1.29, 1.82) is 0 Å². The molecule has 0 aliphatic carbocycles. The molecule has 6 nitrogen and oxygen atoms in total. The number of nitrogens with zero attached hydrogens (tertiary/aromatic N) is 3.